The van der Waals surface area contributed by atoms with E-state index in [1.165, 1.54) is 15.5 Å². The molecule has 1 unspecified atom stereocenters. The smallest absolute Gasteiger partial charge is 0.328 e. The Morgan fingerprint density at radius 3 is 2.44 bits per heavy atom. The van der Waals surface area contributed by atoms with E-state index < -0.39 is 17.4 Å². The minimum Gasteiger partial charge on any atom is -0.480 e. The lowest BCUT2D eigenvalue weighted by Gasteiger charge is -2.26. The molecule has 1 N–H and O–H groups in total. The Balaban J connectivity index is 2.70. The Morgan fingerprint density at radius 1 is 1.33 bits per heavy atom. The van der Waals surface area contributed by atoms with Crippen LogP contribution in [0.3, 0.4) is 0 Å². The van der Waals surface area contributed by atoms with Gasteiger partial charge in [0.05, 0.1) is 10.1 Å². The summed E-state index contributed by atoms with van der Waals surface area (Å²) in [5, 5.41) is 9.94. The molecule has 0 radical (unpaired) electrons. The molecule has 96 valence electrons. The number of hydrogen-bond acceptors (Lipinski definition) is 3. The number of carboxylic acid groups (broad SMARTS) is 1. The average molecular weight is 265 g/mol. The van der Waals surface area contributed by atoms with Gasteiger partial charge < -0.3 is 5.11 Å². The van der Waals surface area contributed by atoms with Crippen LogP contribution in [0, 0.1) is 5.41 Å². The highest BCUT2D eigenvalue weighted by molar-refractivity contribution is 7.14. The number of benzene rings is 1. The third-order valence-electron chi connectivity index (χ3n) is 2.80. The minimum absolute atomic E-state index is 0.224. The molecule has 0 aliphatic rings. The van der Waals surface area contributed by atoms with Gasteiger partial charge in [-0.2, -0.15) is 0 Å². The van der Waals surface area contributed by atoms with E-state index in [9.17, 15) is 14.7 Å². The summed E-state index contributed by atoms with van der Waals surface area (Å²) in [6, 6.07) is 6.34. The first-order chi connectivity index (χ1) is 8.32. The number of rotatable bonds is 2. The number of fused-ring (bicyclic) bond motifs is 1. The van der Waals surface area contributed by atoms with Crippen molar-refractivity contribution in [2.45, 2.75) is 26.8 Å². The maximum Gasteiger partial charge on any atom is 0.328 e. The van der Waals surface area contributed by atoms with Crippen LogP contribution >= 0.6 is 11.5 Å². The molecule has 4 nitrogen and oxygen atoms in total. The molecule has 1 aromatic heterocycles. The monoisotopic (exact) mass is 265 g/mol. The van der Waals surface area contributed by atoms with Crippen LogP contribution in [0.15, 0.2) is 29.1 Å². The molecule has 0 fully saturated rings. The van der Waals surface area contributed by atoms with Crippen LogP contribution in [0.25, 0.3) is 10.1 Å². The van der Waals surface area contributed by atoms with Gasteiger partial charge in [-0.1, -0.05) is 44.4 Å². The molecule has 0 saturated carbocycles. The van der Waals surface area contributed by atoms with E-state index in [1.807, 2.05) is 32.9 Å². The lowest BCUT2D eigenvalue weighted by atomic mass is 9.87. The number of aliphatic carboxylic acids is 1. The lowest BCUT2D eigenvalue weighted by Crippen LogP contribution is -2.35. The molecular weight excluding hydrogens is 250 g/mol. The number of nitrogens with zero attached hydrogens (tertiary/aromatic N) is 1. The van der Waals surface area contributed by atoms with Crippen molar-refractivity contribution in [2.24, 2.45) is 5.41 Å². The van der Waals surface area contributed by atoms with Crippen molar-refractivity contribution in [1.29, 1.82) is 0 Å². The Kier molecular flexibility index (Phi) is 3.02. The Hall–Kier alpha value is -1.62. The molecule has 0 saturated heterocycles. The normalized spacial score (nSPS) is 13.7. The van der Waals surface area contributed by atoms with Crippen molar-refractivity contribution in [1.82, 2.24) is 3.96 Å². The van der Waals surface area contributed by atoms with E-state index in [-0.39, 0.29) is 5.56 Å². The molecule has 2 aromatic rings. The summed E-state index contributed by atoms with van der Waals surface area (Å²) in [4.78, 5) is 23.7. The standard InChI is InChI=1S/C13H15NO3S/c1-13(2,3)10(12(16)17)14-11(15)8-6-4-5-7-9(8)18-14/h4-7,10H,1-3H3,(H,16,17). The van der Waals surface area contributed by atoms with Gasteiger partial charge in [-0.3, -0.25) is 4.79 Å². The first-order valence-corrected chi connectivity index (χ1v) is 6.43. The first kappa shape index (κ1) is 12.8. The van der Waals surface area contributed by atoms with Crippen molar-refractivity contribution in [3.8, 4) is 0 Å². The Morgan fingerprint density at radius 2 is 1.94 bits per heavy atom. The topological polar surface area (TPSA) is 59.3 Å². The summed E-state index contributed by atoms with van der Waals surface area (Å²) in [7, 11) is 0. The van der Waals surface area contributed by atoms with Crippen LogP contribution in [0.1, 0.15) is 26.8 Å². The van der Waals surface area contributed by atoms with Gasteiger partial charge in [0.1, 0.15) is 6.04 Å². The predicted molar refractivity (Wildman–Crippen MR) is 72.2 cm³/mol. The van der Waals surface area contributed by atoms with Crippen molar-refractivity contribution >= 4 is 27.6 Å². The lowest BCUT2D eigenvalue weighted by molar-refractivity contribution is -0.144. The van der Waals surface area contributed by atoms with Crippen molar-refractivity contribution in [2.75, 3.05) is 0 Å². The Labute approximate surface area is 109 Å². The summed E-state index contributed by atoms with van der Waals surface area (Å²) in [6.45, 7) is 5.47. The van der Waals surface area contributed by atoms with Gasteiger partial charge >= 0.3 is 5.97 Å². The molecule has 18 heavy (non-hydrogen) atoms. The van der Waals surface area contributed by atoms with Crippen LogP contribution in [-0.4, -0.2) is 15.0 Å². The second-order valence-electron chi connectivity index (χ2n) is 5.33. The Bertz CT molecular complexity index is 648. The van der Waals surface area contributed by atoms with Gasteiger partial charge in [0, 0.05) is 0 Å². The number of carboxylic acids is 1. The third-order valence-corrected chi connectivity index (χ3v) is 3.93. The van der Waals surface area contributed by atoms with Gasteiger partial charge in [-0.15, -0.1) is 0 Å². The maximum atomic E-state index is 12.2. The quantitative estimate of drug-likeness (QED) is 0.908. The summed E-state index contributed by atoms with van der Waals surface area (Å²) in [5.41, 5.74) is -0.741. The molecule has 0 bridgehead atoms. The fourth-order valence-corrected chi connectivity index (χ4v) is 3.28. The molecule has 1 heterocycles. The number of aromatic nitrogens is 1. The highest BCUT2D eigenvalue weighted by Crippen LogP contribution is 2.32. The fourth-order valence-electron chi connectivity index (χ4n) is 1.98. The maximum absolute atomic E-state index is 12.2. The first-order valence-electron chi connectivity index (χ1n) is 5.66. The van der Waals surface area contributed by atoms with Gasteiger partial charge in [0.25, 0.3) is 5.56 Å². The van der Waals surface area contributed by atoms with Gasteiger partial charge in [-0.05, 0) is 17.5 Å². The fraction of sp³-hybridized carbons (Fsp3) is 0.385. The summed E-state index contributed by atoms with van der Waals surface area (Å²) in [5.74, 6) is -0.976. The minimum atomic E-state index is -0.976. The average Bonchev–Trinajstić information content (AvgIpc) is 2.55. The van der Waals surface area contributed by atoms with E-state index in [1.54, 1.807) is 12.1 Å². The highest BCUT2D eigenvalue weighted by Gasteiger charge is 2.35. The van der Waals surface area contributed by atoms with Crippen molar-refractivity contribution in [3.63, 3.8) is 0 Å². The molecule has 1 atom stereocenters. The highest BCUT2D eigenvalue weighted by atomic mass is 32.1. The largest absolute Gasteiger partial charge is 0.480 e. The van der Waals surface area contributed by atoms with E-state index >= 15 is 0 Å². The van der Waals surface area contributed by atoms with E-state index in [4.69, 9.17) is 0 Å². The predicted octanol–water partition coefficient (Wildman–Crippen LogP) is 2.73. The second-order valence-corrected chi connectivity index (χ2v) is 6.34. The molecule has 1 aromatic carbocycles. The van der Waals surface area contributed by atoms with Crippen LogP contribution in [0.2, 0.25) is 0 Å². The molecule has 2 rings (SSSR count). The van der Waals surface area contributed by atoms with Crippen molar-refractivity contribution < 1.29 is 9.90 Å². The summed E-state index contributed by atoms with van der Waals surface area (Å²) >= 11 is 1.21. The molecular formula is C13H15NO3S. The molecule has 0 spiro atoms. The zero-order valence-corrected chi connectivity index (χ0v) is 11.3. The molecule has 0 amide bonds. The van der Waals surface area contributed by atoms with E-state index in [2.05, 4.69) is 0 Å². The van der Waals surface area contributed by atoms with Crippen molar-refractivity contribution in [3.05, 3.63) is 34.6 Å². The van der Waals surface area contributed by atoms with Crippen LogP contribution in [-0.2, 0) is 4.79 Å². The SMILES string of the molecule is CC(C)(C)C(C(=O)O)n1sc2ccccc2c1=O. The van der Waals surface area contributed by atoms with Crippen LogP contribution < -0.4 is 5.56 Å². The number of hydrogen-bond donors (Lipinski definition) is 1. The van der Waals surface area contributed by atoms with Crippen LogP contribution in [0.5, 0.6) is 0 Å². The van der Waals surface area contributed by atoms with Crippen LogP contribution in [0.4, 0.5) is 0 Å². The number of carbonyl (C=O) groups is 1. The zero-order valence-electron chi connectivity index (χ0n) is 10.5. The van der Waals surface area contributed by atoms with E-state index in [0.29, 0.717) is 5.39 Å². The van der Waals surface area contributed by atoms with E-state index in [0.717, 1.165) is 4.70 Å². The molecule has 5 heteroatoms. The zero-order chi connectivity index (χ0) is 13.5. The van der Waals surface area contributed by atoms with Gasteiger partial charge in [-0.25, -0.2) is 8.75 Å². The summed E-state index contributed by atoms with van der Waals surface area (Å²) < 4.78 is 2.19. The molecule has 0 aliphatic carbocycles. The summed E-state index contributed by atoms with van der Waals surface area (Å²) in [6.07, 6.45) is 0. The van der Waals surface area contributed by atoms with Gasteiger partial charge in [0.2, 0.25) is 0 Å². The molecule has 0 aliphatic heterocycles. The third kappa shape index (κ3) is 2.06. The second kappa shape index (κ2) is 4.24. The van der Waals surface area contributed by atoms with Gasteiger partial charge in [0.15, 0.2) is 0 Å².